The number of para-hydroxylation sites is 1. The summed E-state index contributed by atoms with van der Waals surface area (Å²) < 4.78 is 5.89. The lowest BCUT2D eigenvalue weighted by molar-refractivity contribution is 0.237. The van der Waals surface area contributed by atoms with Crippen molar-refractivity contribution in [3.05, 3.63) is 73.6 Å². The smallest absolute Gasteiger partial charge is 0.139 e. The van der Waals surface area contributed by atoms with E-state index in [0.717, 1.165) is 60.9 Å². The number of hydrogen-bond acceptors (Lipinski definition) is 6. The Labute approximate surface area is 177 Å². The molecule has 1 aliphatic rings. The molecule has 1 atom stereocenters. The number of benzene rings is 2. The number of nitrogens with two attached hydrogens (primary N) is 1. The van der Waals surface area contributed by atoms with E-state index in [1.807, 2.05) is 60.7 Å². The summed E-state index contributed by atoms with van der Waals surface area (Å²) in [4.78, 5) is 11.1. The van der Waals surface area contributed by atoms with Crippen LogP contribution in [0.15, 0.2) is 73.6 Å². The minimum Gasteiger partial charge on any atom is -0.457 e. The van der Waals surface area contributed by atoms with Gasteiger partial charge < -0.3 is 15.8 Å². The zero-order valence-corrected chi connectivity index (χ0v) is 17.0. The third-order valence-corrected chi connectivity index (χ3v) is 5.23. The molecule has 2 heterocycles. The molecule has 0 unspecified atom stereocenters. The summed E-state index contributed by atoms with van der Waals surface area (Å²) in [6.45, 7) is 6.82. The predicted octanol–water partition coefficient (Wildman–Crippen LogP) is 4.58. The van der Waals surface area contributed by atoms with Crippen molar-refractivity contribution >= 4 is 11.6 Å². The lowest BCUT2D eigenvalue weighted by Crippen LogP contribution is -2.42. The number of nitrogen functional groups attached to an aromatic ring is 1. The van der Waals surface area contributed by atoms with Crippen molar-refractivity contribution in [2.75, 3.05) is 30.7 Å². The van der Waals surface area contributed by atoms with Crippen LogP contribution < -0.4 is 15.8 Å². The highest BCUT2D eigenvalue weighted by molar-refractivity contribution is 5.83. The van der Waals surface area contributed by atoms with Gasteiger partial charge in [0.25, 0.3) is 0 Å². The SMILES string of the molecule is C=CCN1CCC[C@H](Nc2ncnc(N)c2-c2ccc(Oc3ccccc3)cc2)C1. The van der Waals surface area contributed by atoms with Crippen molar-refractivity contribution < 1.29 is 4.74 Å². The quantitative estimate of drug-likeness (QED) is 0.565. The highest BCUT2D eigenvalue weighted by atomic mass is 16.5. The fraction of sp³-hybridized carbons (Fsp3) is 0.250. The van der Waals surface area contributed by atoms with E-state index in [9.17, 15) is 0 Å². The summed E-state index contributed by atoms with van der Waals surface area (Å²) in [6, 6.07) is 17.9. The Morgan fingerprint density at radius 2 is 1.87 bits per heavy atom. The van der Waals surface area contributed by atoms with E-state index in [1.54, 1.807) is 0 Å². The van der Waals surface area contributed by atoms with Gasteiger partial charge in [-0.3, -0.25) is 4.90 Å². The number of likely N-dealkylation sites (tertiary alicyclic amines) is 1. The monoisotopic (exact) mass is 401 g/mol. The second-order valence-electron chi connectivity index (χ2n) is 7.45. The molecule has 0 bridgehead atoms. The lowest BCUT2D eigenvalue weighted by atomic mass is 10.0. The van der Waals surface area contributed by atoms with Crippen molar-refractivity contribution in [2.24, 2.45) is 0 Å². The summed E-state index contributed by atoms with van der Waals surface area (Å²) in [7, 11) is 0. The van der Waals surface area contributed by atoms with Gasteiger partial charge in [0.1, 0.15) is 29.5 Å². The number of hydrogen-bond donors (Lipinski definition) is 2. The van der Waals surface area contributed by atoms with Gasteiger partial charge in [0, 0.05) is 19.1 Å². The molecule has 30 heavy (non-hydrogen) atoms. The van der Waals surface area contributed by atoms with Crippen molar-refractivity contribution in [1.82, 2.24) is 14.9 Å². The Hall–Kier alpha value is -3.38. The van der Waals surface area contributed by atoms with Crippen molar-refractivity contribution in [1.29, 1.82) is 0 Å². The van der Waals surface area contributed by atoms with Gasteiger partial charge in [0.05, 0.1) is 5.56 Å². The minimum absolute atomic E-state index is 0.312. The average molecular weight is 402 g/mol. The Morgan fingerprint density at radius 3 is 2.63 bits per heavy atom. The number of nitrogens with zero attached hydrogens (tertiary/aromatic N) is 3. The van der Waals surface area contributed by atoms with Crippen LogP contribution in [0.5, 0.6) is 11.5 Å². The van der Waals surface area contributed by atoms with E-state index in [-0.39, 0.29) is 0 Å². The van der Waals surface area contributed by atoms with Crippen LogP contribution in [0.1, 0.15) is 12.8 Å². The highest BCUT2D eigenvalue weighted by Crippen LogP contribution is 2.33. The topological polar surface area (TPSA) is 76.3 Å². The third-order valence-electron chi connectivity index (χ3n) is 5.23. The Balaban J connectivity index is 1.53. The zero-order chi connectivity index (χ0) is 20.8. The molecule has 2 aromatic carbocycles. The Kier molecular flexibility index (Phi) is 6.25. The van der Waals surface area contributed by atoms with Crippen LogP contribution in [-0.2, 0) is 0 Å². The third kappa shape index (κ3) is 4.78. The molecule has 4 rings (SSSR count). The fourth-order valence-electron chi connectivity index (χ4n) is 3.82. The molecular formula is C24H27N5O. The van der Waals surface area contributed by atoms with Crippen molar-refractivity contribution in [3.63, 3.8) is 0 Å². The first-order valence-electron chi connectivity index (χ1n) is 10.3. The van der Waals surface area contributed by atoms with Crippen molar-refractivity contribution in [2.45, 2.75) is 18.9 Å². The van der Waals surface area contributed by atoms with Gasteiger partial charge >= 0.3 is 0 Å². The highest BCUT2D eigenvalue weighted by Gasteiger charge is 2.21. The minimum atomic E-state index is 0.312. The Morgan fingerprint density at radius 1 is 1.10 bits per heavy atom. The Bertz CT molecular complexity index is 975. The molecule has 1 fully saturated rings. The molecule has 0 radical (unpaired) electrons. The molecule has 154 valence electrons. The standard InChI is InChI=1S/C24H27N5O/c1-2-14-29-15-6-7-19(16-29)28-24-22(23(25)26-17-27-24)18-10-12-21(13-11-18)30-20-8-4-3-5-9-20/h2-5,8-13,17,19H,1,6-7,14-16H2,(H3,25,26,27,28)/t19-/m0/s1. The van der Waals surface area contributed by atoms with E-state index in [1.165, 1.54) is 6.33 Å². The number of anilines is 2. The predicted molar refractivity (Wildman–Crippen MR) is 122 cm³/mol. The number of piperidine rings is 1. The van der Waals surface area contributed by atoms with Gasteiger partial charge in [0.15, 0.2) is 0 Å². The second kappa shape index (κ2) is 9.41. The van der Waals surface area contributed by atoms with Gasteiger partial charge in [-0.05, 0) is 49.2 Å². The van der Waals surface area contributed by atoms with Gasteiger partial charge in [-0.25, -0.2) is 9.97 Å². The molecule has 0 aliphatic carbocycles. The maximum Gasteiger partial charge on any atom is 0.139 e. The molecule has 1 aliphatic heterocycles. The van der Waals surface area contributed by atoms with E-state index >= 15 is 0 Å². The average Bonchev–Trinajstić information content (AvgIpc) is 2.76. The number of nitrogens with one attached hydrogen (secondary N) is 1. The first kappa shape index (κ1) is 19.9. The van der Waals surface area contributed by atoms with Crippen molar-refractivity contribution in [3.8, 4) is 22.6 Å². The molecule has 0 amide bonds. The van der Waals surface area contributed by atoms with Gasteiger partial charge in [-0.1, -0.05) is 36.4 Å². The second-order valence-corrected chi connectivity index (χ2v) is 7.45. The lowest BCUT2D eigenvalue weighted by Gasteiger charge is -2.33. The maximum absolute atomic E-state index is 6.25. The molecule has 3 aromatic rings. The van der Waals surface area contributed by atoms with E-state index in [0.29, 0.717) is 11.9 Å². The first-order chi connectivity index (χ1) is 14.7. The van der Waals surface area contributed by atoms with E-state index in [2.05, 4.69) is 26.8 Å². The molecule has 6 nitrogen and oxygen atoms in total. The fourth-order valence-corrected chi connectivity index (χ4v) is 3.82. The summed E-state index contributed by atoms with van der Waals surface area (Å²) in [5, 5.41) is 3.59. The number of aromatic nitrogens is 2. The molecule has 6 heteroatoms. The molecular weight excluding hydrogens is 374 g/mol. The molecule has 0 spiro atoms. The van der Waals surface area contributed by atoms with E-state index < -0.39 is 0 Å². The summed E-state index contributed by atoms with van der Waals surface area (Å²) in [5.41, 5.74) is 8.03. The largest absolute Gasteiger partial charge is 0.457 e. The molecule has 1 saturated heterocycles. The summed E-state index contributed by atoms with van der Waals surface area (Å²) in [5.74, 6) is 2.80. The van der Waals surface area contributed by atoms with Crippen LogP contribution in [0.25, 0.3) is 11.1 Å². The molecule has 3 N–H and O–H groups in total. The normalized spacial score (nSPS) is 16.7. The molecule has 0 saturated carbocycles. The van der Waals surface area contributed by atoms with Gasteiger partial charge in [-0.2, -0.15) is 0 Å². The van der Waals surface area contributed by atoms with Crippen LogP contribution in [0.2, 0.25) is 0 Å². The van der Waals surface area contributed by atoms with Crippen LogP contribution >= 0.6 is 0 Å². The molecule has 1 aromatic heterocycles. The van der Waals surface area contributed by atoms with Crippen LogP contribution in [0.4, 0.5) is 11.6 Å². The number of ether oxygens (including phenoxy) is 1. The van der Waals surface area contributed by atoms with E-state index in [4.69, 9.17) is 10.5 Å². The van der Waals surface area contributed by atoms with Crippen LogP contribution in [-0.4, -0.2) is 40.5 Å². The first-order valence-corrected chi connectivity index (χ1v) is 10.3. The number of rotatable bonds is 7. The summed E-state index contributed by atoms with van der Waals surface area (Å²) in [6.07, 6.45) is 5.71. The van der Waals surface area contributed by atoms with Gasteiger partial charge in [-0.15, -0.1) is 6.58 Å². The van der Waals surface area contributed by atoms with Crippen LogP contribution in [0, 0.1) is 0 Å². The van der Waals surface area contributed by atoms with Gasteiger partial charge in [0.2, 0.25) is 0 Å². The maximum atomic E-state index is 6.25. The van der Waals surface area contributed by atoms with Crippen LogP contribution in [0.3, 0.4) is 0 Å². The zero-order valence-electron chi connectivity index (χ0n) is 17.0. The summed E-state index contributed by atoms with van der Waals surface area (Å²) >= 11 is 0.